The van der Waals surface area contributed by atoms with E-state index in [0.717, 1.165) is 30.7 Å². The Labute approximate surface area is 152 Å². The molecule has 3 fully saturated rings. The molecule has 4 heterocycles. The monoisotopic (exact) mass is 355 g/mol. The first-order valence-corrected chi connectivity index (χ1v) is 9.45. The quantitative estimate of drug-likeness (QED) is 0.504. The molecule has 26 heavy (non-hydrogen) atoms. The lowest BCUT2D eigenvalue weighted by Gasteiger charge is -2.38. The molecule has 5 N–H and O–H groups in total. The second kappa shape index (κ2) is 6.31. The Morgan fingerprint density at radius 2 is 2.08 bits per heavy atom. The summed E-state index contributed by atoms with van der Waals surface area (Å²) in [5.74, 6) is 0.525. The minimum Gasteiger partial charge on any atom is -0.366 e. The number of carbonyl (C=O) groups is 1. The predicted octanol–water partition coefficient (Wildman–Crippen LogP) is -0.137. The maximum Gasteiger partial charge on any atom is 0.264 e. The highest BCUT2D eigenvalue weighted by molar-refractivity contribution is 5.89. The van der Waals surface area contributed by atoms with E-state index in [1.165, 1.54) is 0 Å². The summed E-state index contributed by atoms with van der Waals surface area (Å²) in [5.41, 5.74) is 15.0. The van der Waals surface area contributed by atoms with E-state index < -0.39 is 0 Å². The first kappa shape index (κ1) is 16.2. The highest BCUT2D eigenvalue weighted by atomic mass is 16.2. The Kier molecular flexibility index (Phi) is 3.93. The largest absolute Gasteiger partial charge is 0.366 e. The normalized spacial score (nSPS) is 39.2. The average Bonchev–Trinajstić information content (AvgIpc) is 3.25. The van der Waals surface area contributed by atoms with E-state index >= 15 is 0 Å². The summed E-state index contributed by atoms with van der Waals surface area (Å²) in [6, 6.07) is 6.98. The molecule has 138 valence electrons. The van der Waals surface area contributed by atoms with Gasteiger partial charge in [0.05, 0.1) is 5.92 Å². The second-order valence-corrected chi connectivity index (χ2v) is 7.73. The van der Waals surface area contributed by atoms with Crippen molar-refractivity contribution in [2.24, 2.45) is 5.92 Å². The lowest BCUT2D eigenvalue weighted by molar-refractivity contribution is -0.131. The summed E-state index contributed by atoms with van der Waals surface area (Å²) in [6.45, 7) is 2.11. The van der Waals surface area contributed by atoms with E-state index in [1.54, 1.807) is 11.1 Å². The minimum atomic E-state index is -0.0992. The van der Waals surface area contributed by atoms with Gasteiger partial charge in [0.15, 0.2) is 0 Å². The van der Waals surface area contributed by atoms with Crippen LogP contribution in [0.3, 0.4) is 0 Å². The Hall–Kier alpha value is -2.00. The van der Waals surface area contributed by atoms with E-state index in [-0.39, 0.29) is 24.0 Å². The number of aromatic nitrogens is 1. The number of hydrogen-bond acceptors (Lipinski definition) is 7. The molecule has 0 aromatic carbocycles. The van der Waals surface area contributed by atoms with Crippen molar-refractivity contribution in [1.29, 1.82) is 0 Å². The molecule has 8 nitrogen and oxygen atoms in total. The SMILES string of the molecule is CC1NN2C(=O)C=C(C3CCC4NNNC4C3)NC2C1c1ccccn1. The summed E-state index contributed by atoms with van der Waals surface area (Å²) in [5, 5.41) is 5.40. The minimum absolute atomic E-state index is 0.0341. The highest BCUT2D eigenvalue weighted by Gasteiger charge is 2.46. The van der Waals surface area contributed by atoms with Crippen LogP contribution in [0.25, 0.3) is 0 Å². The lowest BCUT2D eigenvalue weighted by atomic mass is 9.80. The Morgan fingerprint density at radius 3 is 2.92 bits per heavy atom. The molecule has 0 bridgehead atoms. The van der Waals surface area contributed by atoms with Crippen LogP contribution < -0.4 is 27.1 Å². The first-order chi connectivity index (χ1) is 12.7. The van der Waals surface area contributed by atoms with Crippen molar-refractivity contribution in [3.05, 3.63) is 41.9 Å². The van der Waals surface area contributed by atoms with E-state index in [9.17, 15) is 4.79 Å². The van der Waals surface area contributed by atoms with E-state index in [1.807, 2.05) is 24.4 Å². The van der Waals surface area contributed by atoms with Gasteiger partial charge in [-0.25, -0.2) is 16.3 Å². The second-order valence-electron chi connectivity index (χ2n) is 7.73. The van der Waals surface area contributed by atoms with Crippen LogP contribution in [0.5, 0.6) is 0 Å². The Balaban J connectivity index is 1.39. The van der Waals surface area contributed by atoms with Crippen LogP contribution in [-0.2, 0) is 4.79 Å². The van der Waals surface area contributed by atoms with Gasteiger partial charge in [-0.05, 0) is 38.3 Å². The fourth-order valence-electron chi connectivity index (χ4n) is 4.82. The molecule has 0 spiro atoms. The molecular weight excluding hydrogens is 330 g/mol. The third-order valence-corrected chi connectivity index (χ3v) is 6.17. The topological polar surface area (TPSA) is 93.4 Å². The molecule has 1 amide bonds. The zero-order valence-electron chi connectivity index (χ0n) is 14.8. The van der Waals surface area contributed by atoms with Gasteiger partial charge in [0, 0.05) is 47.7 Å². The molecule has 6 unspecified atom stereocenters. The van der Waals surface area contributed by atoms with Gasteiger partial charge in [-0.3, -0.25) is 14.8 Å². The van der Waals surface area contributed by atoms with Crippen LogP contribution in [0.2, 0.25) is 0 Å². The molecule has 0 radical (unpaired) electrons. The number of hydrazine groups is 3. The van der Waals surface area contributed by atoms with Crippen LogP contribution >= 0.6 is 0 Å². The van der Waals surface area contributed by atoms with Crippen molar-refractivity contribution in [2.75, 3.05) is 0 Å². The maximum absolute atomic E-state index is 12.8. The van der Waals surface area contributed by atoms with Gasteiger partial charge in [0.25, 0.3) is 5.91 Å². The third-order valence-electron chi connectivity index (χ3n) is 6.17. The van der Waals surface area contributed by atoms with Crippen molar-refractivity contribution in [3.63, 3.8) is 0 Å². The molecular formula is C18H25N7O. The van der Waals surface area contributed by atoms with Gasteiger partial charge in [0.2, 0.25) is 0 Å². The fourth-order valence-corrected chi connectivity index (χ4v) is 4.82. The van der Waals surface area contributed by atoms with Crippen molar-refractivity contribution in [3.8, 4) is 0 Å². The van der Waals surface area contributed by atoms with Gasteiger partial charge in [0.1, 0.15) is 6.17 Å². The molecule has 1 aromatic rings. The molecule has 3 aliphatic heterocycles. The first-order valence-electron chi connectivity index (χ1n) is 9.45. The number of hydrogen-bond donors (Lipinski definition) is 5. The van der Waals surface area contributed by atoms with Crippen LogP contribution in [0.15, 0.2) is 36.2 Å². The average molecular weight is 355 g/mol. The summed E-state index contributed by atoms with van der Waals surface area (Å²) in [6.07, 6.45) is 6.68. The Morgan fingerprint density at radius 1 is 1.19 bits per heavy atom. The molecule has 8 heteroatoms. The van der Waals surface area contributed by atoms with Gasteiger partial charge >= 0.3 is 0 Å². The van der Waals surface area contributed by atoms with Crippen molar-refractivity contribution < 1.29 is 4.79 Å². The number of rotatable bonds is 2. The number of nitrogens with one attached hydrogen (secondary N) is 5. The van der Waals surface area contributed by atoms with Crippen LogP contribution in [0.4, 0.5) is 0 Å². The zero-order valence-corrected chi connectivity index (χ0v) is 14.8. The van der Waals surface area contributed by atoms with Gasteiger partial charge in [-0.2, -0.15) is 5.53 Å². The molecule has 1 aliphatic carbocycles. The highest BCUT2D eigenvalue weighted by Crippen LogP contribution is 2.36. The number of fused-ring (bicyclic) bond motifs is 2. The zero-order chi connectivity index (χ0) is 17.7. The lowest BCUT2D eigenvalue weighted by Crippen LogP contribution is -2.54. The molecule has 2 saturated heterocycles. The predicted molar refractivity (Wildman–Crippen MR) is 95.8 cm³/mol. The number of pyridine rings is 1. The number of amides is 1. The maximum atomic E-state index is 12.8. The molecule has 6 atom stereocenters. The molecule has 1 aromatic heterocycles. The fraction of sp³-hybridized carbons (Fsp3) is 0.556. The number of allylic oxidation sites excluding steroid dienone is 1. The van der Waals surface area contributed by atoms with Crippen molar-refractivity contribution in [1.82, 2.24) is 37.1 Å². The van der Waals surface area contributed by atoms with Crippen LogP contribution in [0.1, 0.15) is 37.8 Å². The summed E-state index contributed by atoms with van der Waals surface area (Å²) in [4.78, 5) is 17.3. The summed E-state index contributed by atoms with van der Waals surface area (Å²) >= 11 is 0. The van der Waals surface area contributed by atoms with Crippen LogP contribution in [-0.4, -0.2) is 40.2 Å². The van der Waals surface area contributed by atoms with Crippen molar-refractivity contribution in [2.45, 2.75) is 56.4 Å². The van der Waals surface area contributed by atoms with Gasteiger partial charge in [-0.15, -0.1) is 0 Å². The van der Waals surface area contributed by atoms with Crippen molar-refractivity contribution >= 4 is 5.91 Å². The molecule has 5 rings (SSSR count). The van der Waals surface area contributed by atoms with E-state index in [0.29, 0.717) is 18.0 Å². The van der Waals surface area contributed by atoms with E-state index in [2.05, 4.69) is 39.0 Å². The standard InChI is InChI=1S/C18H25N7O/c1-10-17(13-4-2-3-7-19-13)18-20-14(9-16(26)25(18)23-10)11-5-6-12-15(8-11)22-24-21-12/h2-4,7,9-12,15,17-18,20-24H,5-6,8H2,1H3. The van der Waals surface area contributed by atoms with Gasteiger partial charge < -0.3 is 5.32 Å². The number of carbonyl (C=O) groups excluding carboxylic acids is 1. The smallest absolute Gasteiger partial charge is 0.264 e. The number of nitrogens with zero attached hydrogens (tertiary/aromatic N) is 2. The third kappa shape index (κ3) is 2.61. The molecule has 1 saturated carbocycles. The summed E-state index contributed by atoms with van der Waals surface area (Å²) in [7, 11) is 0. The van der Waals surface area contributed by atoms with Gasteiger partial charge in [-0.1, -0.05) is 6.07 Å². The van der Waals surface area contributed by atoms with Crippen LogP contribution in [0, 0.1) is 5.92 Å². The molecule has 4 aliphatic rings. The van der Waals surface area contributed by atoms with E-state index in [4.69, 9.17) is 0 Å². The Bertz CT molecular complexity index is 724. The summed E-state index contributed by atoms with van der Waals surface area (Å²) < 4.78 is 0.